The fourth-order valence-corrected chi connectivity index (χ4v) is 4.38. The molecule has 1 N–H and O–H groups in total. The number of ether oxygens (including phenoxy) is 1. The maximum absolute atomic E-state index is 12.7. The quantitative estimate of drug-likeness (QED) is 0.652. The molecule has 0 aliphatic carbocycles. The van der Waals surface area contributed by atoms with E-state index in [1.807, 2.05) is 36.4 Å². The van der Waals surface area contributed by atoms with Gasteiger partial charge in [0.1, 0.15) is 5.75 Å². The molecule has 6 nitrogen and oxygen atoms in total. The average Bonchev–Trinajstić information content (AvgIpc) is 3.36. The van der Waals surface area contributed by atoms with Gasteiger partial charge in [-0.15, -0.1) is 11.3 Å². The van der Waals surface area contributed by atoms with Crippen LogP contribution < -0.4 is 15.0 Å². The molecule has 1 saturated heterocycles. The number of thiazole rings is 1. The number of carbonyl (C=O) groups is 2. The van der Waals surface area contributed by atoms with Crippen LogP contribution in [0.2, 0.25) is 0 Å². The molecular formula is C23H23N3O3S. The van der Waals surface area contributed by atoms with Gasteiger partial charge >= 0.3 is 0 Å². The summed E-state index contributed by atoms with van der Waals surface area (Å²) in [6.07, 6.45) is 2.78. The van der Waals surface area contributed by atoms with Gasteiger partial charge in [0.05, 0.1) is 13.0 Å². The predicted octanol–water partition coefficient (Wildman–Crippen LogP) is 4.04. The van der Waals surface area contributed by atoms with Gasteiger partial charge in [-0.3, -0.25) is 9.59 Å². The molecule has 2 aromatic carbocycles. The molecule has 2 amide bonds. The average molecular weight is 422 g/mol. The number of nitrogens with one attached hydrogen (secondary N) is 1. The number of carbonyl (C=O) groups excluding carboxylic acids is 2. The molecule has 3 aromatic rings. The van der Waals surface area contributed by atoms with Crippen LogP contribution in [0.4, 0.5) is 10.8 Å². The zero-order chi connectivity index (χ0) is 21.1. The summed E-state index contributed by atoms with van der Waals surface area (Å²) in [4.78, 5) is 32.2. The fourth-order valence-electron chi connectivity index (χ4n) is 3.55. The molecule has 1 fully saturated rings. The topological polar surface area (TPSA) is 71.5 Å². The maximum atomic E-state index is 12.7. The minimum Gasteiger partial charge on any atom is -0.497 e. The molecule has 154 valence electrons. The van der Waals surface area contributed by atoms with E-state index in [0.717, 1.165) is 22.7 Å². The SMILES string of the molecule is COc1ccc(N2CC(C(=O)Nc3ncc(Cc4ccccc4C)s3)CC2=O)cc1. The zero-order valence-corrected chi connectivity index (χ0v) is 17.7. The van der Waals surface area contributed by atoms with Crippen LogP contribution in [0.1, 0.15) is 22.4 Å². The highest BCUT2D eigenvalue weighted by Crippen LogP contribution is 2.28. The first-order valence-electron chi connectivity index (χ1n) is 9.78. The third kappa shape index (κ3) is 4.36. The first-order valence-corrected chi connectivity index (χ1v) is 10.6. The van der Waals surface area contributed by atoms with Gasteiger partial charge in [0.15, 0.2) is 5.13 Å². The van der Waals surface area contributed by atoms with Crippen molar-refractivity contribution in [2.45, 2.75) is 19.8 Å². The number of anilines is 2. The van der Waals surface area contributed by atoms with Crippen molar-refractivity contribution in [2.24, 2.45) is 5.92 Å². The molecular weight excluding hydrogens is 398 g/mol. The summed E-state index contributed by atoms with van der Waals surface area (Å²) < 4.78 is 5.16. The number of nitrogens with zero attached hydrogens (tertiary/aromatic N) is 2. The lowest BCUT2D eigenvalue weighted by molar-refractivity contribution is -0.122. The largest absolute Gasteiger partial charge is 0.497 e. The van der Waals surface area contributed by atoms with E-state index in [2.05, 4.69) is 29.4 Å². The molecule has 0 spiro atoms. The van der Waals surface area contributed by atoms with E-state index >= 15 is 0 Å². The fraction of sp³-hybridized carbons (Fsp3) is 0.261. The molecule has 1 unspecified atom stereocenters. The summed E-state index contributed by atoms with van der Waals surface area (Å²) in [5.41, 5.74) is 3.25. The number of hydrogen-bond acceptors (Lipinski definition) is 5. The highest BCUT2D eigenvalue weighted by molar-refractivity contribution is 7.15. The van der Waals surface area contributed by atoms with Gasteiger partial charge in [0, 0.05) is 36.1 Å². The second kappa shape index (κ2) is 8.67. The number of aromatic nitrogens is 1. The standard InChI is InChI=1S/C23H23N3O3S/c1-15-5-3-4-6-16(15)11-20-13-24-23(30-20)25-22(28)17-12-21(27)26(14-17)18-7-9-19(29-2)10-8-18/h3-10,13,17H,11-12,14H2,1-2H3,(H,24,25,28). The van der Waals surface area contributed by atoms with Gasteiger partial charge in [-0.1, -0.05) is 24.3 Å². The van der Waals surface area contributed by atoms with E-state index in [-0.39, 0.29) is 18.2 Å². The molecule has 1 aromatic heterocycles. The summed E-state index contributed by atoms with van der Waals surface area (Å²) >= 11 is 1.47. The Labute approximate surface area is 179 Å². The van der Waals surface area contributed by atoms with E-state index in [1.54, 1.807) is 18.2 Å². The Kier molecular flexibility index (Phi) is 5.81. The van der Waals surface area contributed by atoms with Crippen LogP contribution in [0.3, 0.4) is 0 Å². The van der Waals surface area contributed by atoms with Crippen LogP contribution >= 0.6 is 11.3 Å². The second-order valence-corrected chi connectivity index (χ2v) is 8.44. The minimum atomic E-state index is -0.400. The second-order valence-electron chi connectivity index (χ2n) is 7.33. The number of hydrogen-bond donors (Lipinski definition) is 1. The molecule has 0 radical (unpaired) electrons. The Bertz CT molecular complexity index is 1060. The number of rotatable bonds is 6. The summed E-state index contributed by atoms with van der Waals surface area (Å²) in [6.45, 7) is 2.45. The van der Waals surface area contributed by atoms with Gasteiger partial charge in [0.25, 0.3) is 0 Å². The zero-order valence-electron chi connectivity index (χ0n) is 16.9. The molecule has 4 rings (SSSR count). The molecule has 1 aliphatic heterocycles. The smallest absolute Gasteiger partial charge is 0.231 e. The van der Waals surface area contributed by atoms with Crippen molar-refractivity contribution in [1.29, 1.82) is 0 Å². The maximum Gasteiger partial charge on any atom is 0.231 e. The van der Waals surface area contributed by atoms with Crippen molar-refractivity contribution in [3.05, 3.63) is 70.7 Å². The lowest BCUT2D eigenvalue weighted by atomic mass is 10.1. The highest BCUT2D eigenvalue weighted by atomic mass is 32.1. The van der Waals surface area contributed by atoms with Crippen molar-refractivity contribution in [1.82, 2.24) is 4.98 Å². The first kappa shape index (κ1) is 20.1. The van der Waals surface area contributed by atoms with E-state index < -0.39 is 5.92 Å². The van der Waals surface area contributed by atoms with Crippen LogP contribution in [-0.4, -0.2) is 30.5 Å². The minimum absolute atomic E-state index is 0.0558. The summed E-state index contributed by atoms with van der Waals surface area (Å²) in [5, 5.41) is 3.45. The first-order chi connectivity index (χ1) is 14.5. The lowest BCUT2D eigenvalue weighted by Crippen LogP contribution is -2.28. The van der Waals surface area contributed by atoms with Crippen LogP contribution in [0, 0.1) is 12.8 Å². The van der Waals surface area contributed by atoms with Crippen LogP contribution in [0.25, 0.3) is 0 Å². The number of benzene rings is 2. The van der Waals surface area contributed by atoms with E-state index in [4.69, 9.17) is 4.74 Å². The highest BCUT2D eigenvalue weighted by Gasteiger charge is 2.35. The molecule has 1 atom stereocenters. The summed E-state index contributed by atoms with van der Waals surface area (Å²) in [5.74, 6) is 0.101. The Morgan fingerprint density at radius 2 is 2.00 bits per heavy atom. The predicted molar refractivity (Wildman–Crippen MR) is 118 cm³/mol. The summed E-state index contributed by atoms with van der Waals surface area (Å²) in [7, 11) is 1.60. The van der Waals surface area contributed by atoms with Gasteiger partial charge in [0.2, 0.25) is 11.8 Å². The molecule has 2 heterocycles. The number of aryl methyl sites for hydroxylation is 1. The van der Waals surface area contributed by atoms with Crippen molar-refractivity contribution in [2.75, 3.05) is 23.9 Å². The molecule has 1 aliphatic rings. The Morgan fingerprint density at radius 1 is 1.23 bits per heavy atom. The van der Waals surface area contributed by atoms with Crippen molar-refractivity contribution in [3.63, 3.8) is 0 Å². The van der Waals surface area contributed by atoms with Crippen molar-refractivity contribution < 1.29 is 14.3 Å². The van der Waals surface area contributed by atoms with Gasteiger partial charge in [-0.05, 0) is 42.3 Å². The van der Waals surface area contributed by atoms with Crippen LogP contribution in [-0.2, 0) is 16.0 Å². The van der Waals surface area contributed by atoms with Crippen LogP contribution in [0.15, 0.2) is 54.7 Å². The lowest BCUT2D eigenvalue weighted by Gasteiger charge is -2.16. The van der Waals surface area contributed by atoms with E-state index in [0.29, 0.717) is 11.7 Å². The van der Waals surface area contributed by atoms with Crippen molar-refractivity contribution in [3.8, 4) is 5.75 Å². The van der Waals surface area contributed by atoms with Gasteiger partial charge < -0.3 is 15.0 Å². The number of methoxy groups -OCH3 is 1. The van der Waals surface area contributed by atoms with Crippen LogP contribution in [0.5, 0.6) is 5.75 Å². The van der Waals surface area contributed by atoms with Gasteiger partial charge in [-0.2, -0.15) is 0 Å². The third-order valence-corrected chi connectivity index (χ3v) is 6.20. The monoisotopic (exact) mass is 421 g/mol. The van der Waals surface area contributed by atoms with Gasteiger partial charge in [-0.25, -0.2) is 4.98 Å². The third-order valence-electron chi connectivity index (χ3n) is 5.29. The summed E-state index contributed by atoms with van der Waals surface area (Å²) in [6, 6.07) is 15.5. The molecule has 7 heteroatoms. The molecule has 0 bridgehead atoms. The molecule has 0 saturated carbocycles. The number of amides is 2. The Morgan fingerprint density at radius 3 is 2.73 bits per heavy atom. The van der Waals surface area contributed by atoms with E-state index in [1.165, 1.54) is 22.5 Å². The Balaban J connectivity index is 1.38. The van der Waals surface area contributed by atoms with Crippen molar-refractivity contribution >= 4 is 34.0 Å². The molecule has 30 heavy (non-hydrogen) atoms. The normalized spacial score (nSPS) is 16.0. The Hall–Kier alpha value is -3.19. The van der Waals surface area contributed by atoms with E-state index in [9.17, 15) is 9.59 Å².